The van der Waals surface area contributed by atoms with Crippen molar-refractivity contribution in [3.05, 3.63) is 47.5 Å². The first kappa shape index (κ1) is 17.3. The fourth-order valence-corrected chi connectivity index (χ4v) is 3.16. The minimum Gasteiger partial charge on any atom is -0.493 e. The van der Waals surface area contributed by atoms with E-state index in [0.29, 0.717) is 36.6 Å². The van der Waals surface area contributed by atoms with Gasteiger partial charge in [-0.2, -0.15) is 5.26 Å². The van der Waals surface area contributed by atoms with Crippen molar-refractivity contribution in [1.29, 1.82) is 5.26 Å². The molecule has 25 heavy (non-hydrogen) atoms. The number of nitrogens with zero attached hydrogens (tertiary/aromatic N) is 1. The number of benzene rings is 2. The summed E-state index contributed by atoms with van der Waals surface area (Å²) in [5, 5.41) is 19.3. The summed E-state index contributed by atoms with van der Waals surface area (Å²) < 4.78 is 16.2. The van der Waals surface area contributed by atoms with Gasteiger partial charge in [-0.3, -0.25) is 0 Å². The van der Waals surface area contributed by atoms with Gasteiger partial charge in [-0.15, -0.1) is 0 Å². The first-order valence-corrected chi connectivity index (χ1v) is 8.31. The van der Waals surface area contributed by atoms with Crippen LogP contribution in [0, 0.1) is 11.3 Å². The molecule has 0 bridgehead atoms. The fraction of sp³-hybridized carbons (Fsp3) is 0.316. The van der Waals surface area contributed by atoms with Crippen LogP contribution in [0.15, 0.2) is 36.4 Å². The molecule has 3 rings (SSSR count). The standard InChI is InChI=1S/C19H20BNO4/c1-3-24-19-17(11-21)16(7-8-18(19)23-2)14-6-4-5-13(9-14)15-10-20(22)25-12-15/h4-9,15,22H,3,10,12H2,1-2H3. The molecule has 1 atom stereocenters. The molecule has 0 aromatic heterocycles. The molecule has 2 aromatic carbocycles. The van der Waals surface area contributed by atoms with E-state index in [1.807, 2.05) is 43.3 Å². The molecule has 1 heterocycles. The summed E-state index contributed by atoms with van der Waals surface area (Å²) >= 11 is 0. The van der Waals surface area contributed by atoms with Crippen LogP contribution in [-0.2, 0) is 4.65 Å². The molecule has 2 aromatic rings. The Labute approximate surface area is 147 Å². The molecule has 0 amide bonds. The minimum absolute atomic E-state index is 0.157. The molecule has 1 aliphatic rings. The summed E-state index contributed by atoms with van der Waals surface area (Å²) in [6.45, 7) is 2.83. The van der Waals surface area contributed by atoms with Crippen LogP contribution in [0.1, 0.15) is 24.0 Å². The Balaban J connectivity index is 2.05. The maximum Gasteiger partial charge on any atom is 0.454 e. The van der Waals surface area contributed by atoms with Gasteiger partial charge < -0.3 is 19.2 Å². The smallest absolute Gasteiger partial charge is 0.454 e. The van der Waals surface area contributed by atoms with Crippen LogP contribution in [0.5, 0.6) is 11.5 Å². The van der Waals surface area contributed by atoms with Gasteiger partial charge in [0.1, 0.15) is 11.6 Å². The Morgan fingerprint density at radius 3 is 2.84 bits per heavy atom. The Kier molecular flexibility index (Phi) is 5.27. The number of nitriles is 1. The summed E-state index contributed by atoms with van der Waals surface area (Å²) in [5.74, 6) is 1.17. The van der Waals surface area contributed by atoms with Crippen molar-refractivity contribution < 1.29 is 19.2 Å². The van der Waals surface area contributed by atoms with E-state index < -0.39 is 7.12 Å². The van der Waals surface area contributed by atoms with Gasteiger partial charge in [0, 0.05) is 18.1 Å². The number of hydrogen-bond acceptors (Lipinski definition) is 5. The average molecular weight is 337 g/mol. The van der Waals surface area contributed by atoms with Crippen LogP contribution in [0.3, 0.4) is 0 Å². The monoisotopic (exact) mass is 337 g/mol. The van der Waals surface area contributed by atoms with Crippen molar-refractivity contribution in [2.45, 2.75) is 19.2 Å². The maximum absolute atomic E-state index is 9.68. The molecule has 1 aliphatic heterocycles. The Morgan fingerprint density at radius 2 is 2.20 bits per heavy atom. The van der Waals surface area contributed by atoms with Crippen molar-refractivity contribution >= 4 is 7.12 Å². The predicted octanol–water partition coefficient (Wildman–Crippen LogP) is 3.23. The highest BCUT2D eigenvalue weighted by Gasteiger charge is 2.29. The molecule has 1 N–H and O–H groups in total. The van der Waals surface area contributed by atoms with Crippen molar-refractivity contribution in [1.82, 2.24) is 0 Å². The Hall–Kier alpha value is -2.49. The lowest BCUT2D eigenvalue weighted by molar-refractivity contribution is 0.292. The molecule has 6 heteroatoms. The van der Waals surface area contributed by atoms with Crippen LogP contribution < -0.4 is 9.47 Å². The van der Waals surface area contributed by atoms with E-state index >= 15 is 0 Å². The van der Waals surface area contributed by atoms with Gasteiger partial charge >= 0.3 is 7.12 Å². The lowest BCUT2D eigenvalue weighted by Crippen LogP contribution is -2.07. The lowest BCUT2D eigenvalue weighted by Gasteiger charge is -2.15. The second-order valence-corrected chi connectivity index (χ2v) is 5.91. The zero-order valence-corrected chi connectivity index (χ0v) is 14.4. The third kappa shape index (κ3) is 3.48. The molecule has 0 saturated carbocycles. The van der Waals surface area contributed by atoms with Crippen molar-refractivity contribution in [2.24, 2.45) is 0 Å². The Bertz CT molecular complexity index is 802. The van der Waals surface area contributed by atoms with Crippen molar-refractivity contribution in [3.63, 3.8) is 0 Å². The third-order valence-electron chi connectivity index (χ3n) is 4.39. The van der Waals surface area contributed by atoms with Gasteiger partial charge in [0.2, 0.25) is 0 Å². The van der Waals surface area contributed by atoms with Crippen LogP contribution in [-0.4, -0.2) is 32.5 Å². The van der Waals surface area contributed by atoms with E-state index in [9.17, 15) is 10.3 Å². The first-order chi connectivity index (χ1) is 12.2. The van der Waals surface area contributed by atoms with E-state index in [1.54, 1.807) is 7.11 Å². The van der Waals surface area contributed by atoms with Gasteiger partial charge in [0.05, 0.1) is 13.7 Å². The molecule has 0 spiro atoms. The van der Waals surface area contributed by atoms with Gasteiger partial charge in [-0.25, -0.2) is 0 Å². The van der Waals surface area contributed by atoms with Gasteiger partial charge in [0.15, 0.2) is 11.5 Å². The molecule has 0 radical (unpaired) electrons. The van der Waals surface area contributed by atoms with Crippen LogP contribution in [0.2, 0.25) is 6.32 Å². The lowest BCUT2D eigenvalue weighted by atomic mass is 9.79. The van der Waals surface area contributed by atoms with Crippen LogP contribution >= 0.6 is 0 Å². The maximum atomic E-state index is 9.68. The second-order valence-electron chi connectivity index (χ2n) is 5.91. The number of rotatable bonds is 5. The third-order valence-corrected chi connectivity index (χ3v) is 4.39. The molecule has 1 unspecified atom stereocenters. The van der Waals surface area contributed by atoms with Gasteiger partial charge in [-0.05, 0) is 36.5 Å². The van der Waals surface area contributed by atoms with Gasteiger partial charge in [-0.1, -0.05) is 24.3 Å². The molecular formula is C19H20BNO4. The first-order valence-electron chi connectivity index (χ1n) is 8.31. The van der Waals surface area contributed by atoms with Crippen LogP contribution in [0.25, 0.3) is 11.1 Å². The predicted molar refractivity (Wildman–Crippen MR) is 95.8 cm³/mol. The van der Waals surface area contributed by atoms with E-state index in [2.05, 4.69) is 6.07 Å². The van der Waals surface area contributed by atoms with Crippen molar-refractivity contribution in [2.75, 3.05) is 20.3 Å². The fourth-order valence-electron chi connectivity index (χ4n) is 3.16. The van der Waals surface area contributed by atoms with E-state index in [-0.39, 0.29) is 5.92 Å². The summed E-state index contributed by atoms with van der Waals surface area (Å²) in [5.41, 5.74) is 3.28. The molecule has 0 aliphatic carbocycles. The molecule has 128 valence electrons. The second kappa shape index (κ2) is 7.60. The zero-order chi connectivity index (χ0) is 17.8. The molecular weight excluding hydrogens is 317 g/mol. The normalized spacial score (nSPS) is 16.6. The number of methoxy groups -OCH3 is 1. The molecule has 1 saturated heterocycles. The SMILES string of the molecule is CCOc1c(OC)ccc(-c2cccc(C3COB(O)C3)c2)c1C#N. The average Bonchev–Trinajstić information content (AvgIpc) is 3.08. The highest BCUT2D eigenvalue weighted by molar-refractivity contribution is 6.43. The largest absolute Gasteiger partial charge is 0.493 e. The summed E-state index contributed by atoms with van der Waals surface area (Å²) in [4.78, 5) is 0. The van der Waals surface area contributed by atoms with E-state index in [0.717, 1.165) is 16.7 Å². The summed E-state index contributed by atoms with van der Waals surface area (Å²) in [6, 6.07) is 13.9. The summed E-state index contributed by atoms with van der Waals surface area (Å²) in [6.07, 6.45) is 0.585. The Morgan fingerprint density at radius 1 is 1.36 bits per heavy atom. The number of ether oxygens (including phenoxy) is 2. The van der Waals surface area contributed by atoms with Crippen LogP contribution in [0.4, 0.5) is 0 Å². The van der Waals surface area contributed by atoms with E-state index in [4.69, 9.17) is 14.1 Å². The molecule has 1 fully saturated rings. The molecule has 5 nitrogen and oxygen atoms in total. The summed E-state index contributed by atoms with van der Waals surface area (Å²) in [7, 11) is 0.860. The highest BCUT2D eigenvalue weighted by atomic mass is 16.5. The van der Waals surface area contributed by atoms with Gasteiger partial charge in [0.25, 0.3) is 0 Å². The topological polar surface area (TPSA) is 71.7 Å². The zero-order valence-electron chi connectivity index (χ0n) is 14.4. The number of hydrogen-bond donors (Lipinski definition) is 1. The van der Waals surface area contributed by atoms with E-state index in [1.165, 1.54) is 0 Å². The quantitative estimate of drug-likeness (QED) is 0.848. The minimum atomic E-state index is -0.700. The highest BCUT2D eigenvalue weighted by Crippen LogP contribution is 2.39. The van der Waals surface area contributed by atoms with Crippen molar-refractivity contribution in [3.8, 4) is 28.7 Å².